The minimum atomic E-state index is 0.869. The van der Waals surface area contributed by atoms with E-state index in [9.17, 15) is 0 Å². The molecule has 0 saturated heterocycles. The van der Waals surface area contributed by atoms with E-state index in [2.05, 4.69) is 199 Å². The number of para-hydroxylation sites is 2. The van der Waals surface area contributed by atoms with Gasteiger partial charge in [-0.2, -0.15) is 0 Å². The lowest BCUT2D eigenvalue weighted by molar-refractivity contribution is 0.669. The molecule has 0 unspecified atom stereocenters. The van der Waals surface area contributed by atoms with E-state index in [1.54, 1.807) is 0 Å². The van der Waals surface area contributed by atoms with Gasteiger partial charge in [0.2, 0.25) is 0 Å². The third-order valence-corrected chi connectivity index (χ3v) is 11.0. The molecule has 0 N–H and O–H groups in total. The maximum absolute atomic E-state index is 6.43. The van der Waals surface area contributed by atoms with Crippen molar-refractivity contribution < 1.29 is 4.42 Å². The highest BCUT2D eigenvalue weighted by Crippen LogP contribution is 2.47. The zero-order chi connectivity index (χ0) is 35.6. The van der Waals surface area contributed by atoms with Crippen molar-refractivity contribution in [3.05, 3.63) is 200 Å². The molecule has 0 saturated carbocycles. The van der Waals surface area contributed by atoms with E-state index in [0.717, 1.165) is 44.6 Å². The molecule has 1 aromatic heterocycles. The van der Waals surface area contributed by atoms with Gasteiger partial charge in [-0.25, -0.2) is 0 Å². The third-order valence-electron chi connectivity index (χ3n) is 11.0. The molecule has 252 valence electrons. The molecule has 0 spiro atoms. The summed E-state index contributed by atoms with van der Waals surface area (Å²) in [7, 11) is 0. The van der Waals surface area contributed by atoms with E-state index in [0.29, 0.717) is 0 Å². The molecule has 2 nitrogen and oxygen atoms in total. The second-order valence-electron chi connectivity index (χ2n) is 14.1. The van der Waals surface area contributed by atoms with Crippen molar-refractivity contribution in [2.75, 3.05) is 4.90 Å². The van der Waals surface area contributed by atoms with E-state index in [-0.39, 0.29) is 0 Å². The van der Waals surface area contributed by atoms with Crippen LogP contribution in [0.1, 0.15) is 0 Å². The Kier molecular flexibility index (Phi) is 6.90. The fraction of sp³-hybridized carbons (Fsp3) is 0. The number of fused-ring (bicyclic) bond motifs is 9. The molecule has 10 aromatic carbocycles. The second-order valence-corrected chi connectivity index (χ2v) is 14.1. The molecule has 0 fully saturated rings. The largest absolute Gasteiger partial charge is 0.456 e. The summed E-state index contributed by atoms with van der Waals surface area (Å²) >= 11 is 0. The third kappa shape index (κ3) is 4.81. The van der Waals surface area contributed by atoms with Gasteiger partial charge < -0.3 is 9.32 Å². The van der Waals surface area contributed by atoms with Crippen LogP contribution >= 0.6 is 0 Å². The molecule has 0 atom stereocenters. The van der Waals surface area contributed by atoms with Gasteiger partial charge in [0.15, 0.2) is 0 Å². The zero-order valence-corrected chi connectivity index (χ0v) is 29.4. The summed E-state index contributed by atoms with van der Waals surface area (Å²) in [5.74, 6) is 0. The monoisotopic (exact) mass is 687 g/mol. The van der Waals surface area contributed by atoms with Gasteiger partial charge in [0.25, 0.3) is 0 Å². The number of hydrogen-bond donors (Lipinski definition) is 0. The summed E-state index contributed by atoms with van der Waals surface area (Å²) in [5, 5.41) is 12.3. The Morgan fingerprint density at radius 3 is 1.72 bits per heavy atom. The van der Waals surface area contributed by atoms with Gasteiger partial charge >= 0.3 is 0 Å². The van der Waals surface area contributed by atoms with Crippen LogP contribution in [0.15, 0.2) is 205 Å². The van der Waals surface area contributed by atoms with Crippen LogP contribution in [-0.2, 0) is 0 Å². The Morgan fingerprint density at radius 2 is 0.870 bits per heavy atom. The highest BCUT2D eigenvalue weighted by atomic mass is 16.3. The lowest BCUT2D eigenvalue weighted by atomic mass is 9.93. The molecule has 2 heteroatoms. The average molecular weight is 688 g/mol. The molecule has 0 aliphatic heterocycles. The first-order valence-corrected chi connectivity index (χ1v) is 18.5. The van der Waals surface area contributed by atoms with Crippen LogP contribution in [0.4, 0.5) is 17.1 Å². The summed E-state index contributed by atoms with van der Waals surface area (Å²) in [4.78, 5) is 2.41. The average Bonchev–Trinajstić information content (AvgIpc) is 3.63. The number of benzene rings is 10. The smallest absolute Gasteiger partial charge is 0.137 e. The number of furan rings is 1. The van der Waals surface area contributed by atoms with Crippen molar-refractivity contribution in [1.29, 1.82) is 0 Å². The number of hydrogen-bond acceptors (Lipinski definition) is 2. The van der Waals surface area contributed by atoms with Gasteiger partial charge in [-0.15, -0.1) is 0 Å². The molecular weight excluding hydrogens is 655 g/mol. The van der Waals surface area contributed by atoms with Gasteiger partial charge in [0.05, 0.1) is 16.8 Å². The van der Waals surface area contributed by atoms with Crippen LogP contribution in [0.3, 0.4) is 0 Å². The first-order valence-electron chi connectivity index (χ1n) is 18.5. The fourth-order valence-corrected chi connectivity index (χ4v) is 8.51. The van der Waals surface area contributed by atoms with Crippen molar-refractivity contribution in [3.8, 4) is 22.3 Å². The Bertz CT molecular complexity index is 3220. The quantitative estimate of drug-likeness (QED) is 0.168. The van der Waals surface area contributed by atoms with E-state index in [1.165, 1.54) is 59.8 Å². The highest BCUT2D eigenvalue weighted by molar-refractivity contribution is 6.21. The van der Waals surface area contributed by atoms with Crippen LogP contribution in [-0.4, -0.2) is 0 Å². The van der Waals surface area contributed by atoms with Crippen molar-refractivity contribution in [2.45, 2.75) is 0 Å². The van der Waals surface area contributed by atoms with Crippen molar-refractivity contribution >= 4 is 82.1 Å². The van der Waals surface area contributed by atoms with Gasteiger partial charge in [-0.3, -0.25) is 0 Å². The molecule has 11 rings (SSSR count). The van der Waals surface area contributed by atoms with Crippen LogP contribution in [0, 0.1) is 0 Å². The molecule has 1 heterocycles. The summed E-state index contributed by atoms with van der Waals surface area (Å²) < 4.78 is 6.43. The minimum absolute atomic E-state index is 0.869. The maximum Gasteiger partial charge on any atom is 0.137 e. The van der Waals surface area contributed by atoms with Crippen LogP contribution in [0.5, 0.6) is 0 Å². The second kappa shape index (κ2) is 12.2. The van der Waals surface area contributed by atoms with E-state index >= 15 is 0 Å². The lowest BCUT2D eigenvalue weighted by Gasteiger charge is -2.29. The van der Waals surface area contributed by atoms with E-state index < -0.39 is 0 Å². The van der Waals surface area contributed by atoms with Crippen LogP contribution < -0.4 is 4.90 Å². The fourth-order valence-electron chi connectivity index (χ4n) is 8.51. The maximum atomic E-state index is 6.43. The molecule has 0 aliphatic carbocycles. The number of nitrogens with zero attached hydrogens (tertiary/aromatic N) is 1. The Morgan fingerprint density at radius 1 is 0.315 bits per heavy atom. The first-order chi connectivity index (χ1) is 26.8. The summed E-state index contributed by atoms with van der Waals surface area (Å²) in [5.41, 5.74) is 9.73. The predicted octanol–water partition coefficient (Wildman–Crippen LogP) is 15.0. The van der Waals surface area contributed by atoms with Crippen LogP contribution in [0.25, 0.3) is 87.3 Å². The Labute approximate surface area is 312 Å². The highest BCUT2D eigenvalue weighted by Gasteiger charge is 2.22. The van der Waals surface area contributed by atoms with Crippen molar-refractivity contribution in [3.63, 3.8) is 0 Å². The predicted molar refractivity (Wildman–Crippen MR) is 229 cm³/mol. The normalized spacial score (nSPS) is 11.7. The molecule has 0 radical (unpaired) electrons. The number of rotatable bonds is 5. The topological polar surface area (TPSA) is 16.4 Å². The molecule has 54 heavy (non-hydrogen) atoms. The zero-order valence-electron chi connectivity index (χ0n) is 29.4. The van der Waals surface area contributed by atoms with Crippen molar-refractivity contribution in [1.82, 2.24) is 0 Å². The summed E-state index contributed by atoms with van der Waals surface area (Å²) in [6.07, 6.45) is 0. The molecule has 0 aliphatic rings. The van der Waals surface area contributed by atoms with Gasteiger partial charge in [-0.1, -0.05) is 158 Å². The van der Waals surface area contributed by atoms with Crippen LogP contribution in [0.2, 0.25) is 0 Å². The van der Waals surface area contributed by atoms with Gasteiger partial charge in [0.1, 0.15) is 11.2 Å². The lowest BCUT2D eigenvalue weighted by Crippen LogP contribution is -2.11. The van der Waals surface area contributed by atoms with E-state index in [4.69, 9.17) is 4.42 Å². The Hall–Kier alpha value is -7.16. The number of anilines is 3. The van der Waals surface area contributed by atoms with E-state index in [1.807, 2.05) is 6.07 Å². The summed E-state index contributed by atoms with van der Waals surface area (Å²) in [6, 6.07) is 72.3. The SMILES string of the molecule is c1ccc(N(c2ccc(-c3ccc4ccc5ccc6ccccc6c5c4c3)cc2)c2cccc3oc4ccccc4c23)c(-c2cccc3ccccc23)c1. The first kappa shape index (κ1) is 30.5. The molecule has 0 amide bonds. The Balaban J connectivity index is 1.11. The standard InChI is InChI=1S/C52H33NO/c1-3-14-41-35(11-1)13-9-18-43(41)44-16-5-7-19-47(44)53(48-20-10-22-50-52(48)45-17-6-8-21-49(45)54-50)40-31-29-34(30-32-40)39-28-25-37-24-27-38-26-23-36-12-2-4-15-42(36)51(38)46(37)33-39/h1-33H. The minimum Gasteiger partial charge on any atom is -0.456 e. The summed E-state index contributed by atoms with van der Waals surface area (Å²) in [6.45, 7) is 0. The molecule has 11 aromatic rings. The van der Waals surface area contributed by atoms with Crippen molar-refractivity contribution in [2.24, 2.45) is 0 Å². The van der Waals surface area contributed by atoms with Gasteiger partial charge in [0, 0.05) is 16.6 Å². The van der Waals surface area contributed by atoms with Gasteiger partial charge in [-0.05, 0) is 102 Å². The molecule has 0 bridgehead atoms. The molecular formula is C52H33NO.